The topological polar surface area (TPSA) is 55.1 Å². The zero-order valence-electron chi connectivity index (χ0n) is 10.9. The van der Waals surface area contributed by atoms with Crippen LogP contribution < -0.4 is 11.1 Å². The maximum atomic E-state index is 12.9. The summed E-state index contributed by atoms with van der Waals surface area (Å²) >= 11 is 3.28. The number of rotatable bonds is 3. The number of hydrogen-bond acceptors (Lipinski definition) is 2. The molecule has 0 fully saturated rings. The van der Waals surface area contributed by atoms with E-state index in [9.17, 15) is 9.18 Å². The van der Waals surface area contributed by atoms with Crippen LogP contribution in [0.2, 0.25) is 0 Å². The van der Waals surface area contributed by atoms with E-state index < -0.39 is 0 Å². The van der Waals surface area contributed by atoms with Gasteiger partial charge >= 0.3 is 0 Å². The molecule has 20 heavy (non-hydrogen) atoms. The van der Waals surface area contributed by atoms with Crippen LogP contribution in [0.3, 0.4) is 0 Å². The zero-order chi connectivity index (χ0) is 14.7. The van der Waals surface area contributed by atoms with Crippen LogP contribution in [0, 0.1) is 5.82 Å². The summed E-state index contributed by atoms with van der Waals surface area (Å²) in [6.45, 7) is 1.84. The molecule has 0 aliphatic rings. The highest BCUT2D eigenvalue weighted by atomic mass is 79.9. The minimum atomic E-state index is -0.298. The Morgan fingerprint density at radius 3 is 2.50 bits per heavy atom. The number of halogens is 2. The summed E-state index contributed by atoms with van der Waals surface area (Å²) in [7, 11) is 0. The van der Waals surface area contributed by atoms with Gasteiger partial charge in [-0.15, -0.1) is 0 Å². The van der Waals surface area contributed by atoms with Crippen LogP contribution in [0.5, 0.6) is 0 Å². The standard InChI is InChI=1S/C15H14BrFN2O/c1-9(10-2-5-12(17)6-3-10)19-15(20)11-4-7-13(16)14(18)8-11/h2-9H,18H2,1H3,(H,19,20). The highest BCUT2D eigenvalue weighted by Gasteiger charge is 2.12. The van der Waals surface area contributed by atoms with Crippen molar-refractivity contribution in [3.05, 3.63) is 63.9 Å². The quantitative estimate of drug-likeness (QED) is 0.840. The maximum absolute atomic E-state index is 12.9. The molecule has 0 aliphatic carbocycles. The normalized spacial score (nSPS) is 11.9. The Balaban J connectivity index is 2.10. The van der Waals surface area contributed by atoms with Crippen LogP contribution >= 0.6 is 15.9 Å². The Bertz CT molecular complexity index is 628. The van der Waals surface area contributed by atoms with Crippen LogP contribution in [-0.4, -0.2) is 5.91 Å². The number of carbonyl (C=O) groups is 1. The molecule has 2 aromatic rings. The number of hydrogen-bond donors (Lipinski definition) is 2. The molecule has 0 aromatic heterocycles. The smallest absolute Gasteiger partial charge is 0.251 e. The van der Waals surface area contributed by atoms with E-state index in [0.717, 1.165) is 10.0 Å². The van der Waals surface area contributed by atoms with Crippen molar-refractivity contribution in [2.75, 3.05) is 5.73 Å². The van der Waals surface area contributed by atoms with E-state index in [1.807, 2.05) is 6.92 Å². The van der Waals surface area contributed by atoms with E-state index in [0.29, 0.717) is 11.3 Å². The van der Waals surface area contributed by atoms with Gasteiger partial charge < -0.3 is 11.1 Å². The number of nitrogens with one attached hydrogen (secondary N) is 1. The third-order valence-electron chi connectivity index (χ3n) is 2.98. The first-order valence-corrected chi connectivity index (χ1v) is 6.88. The zero-order valence-corrected chi connectivity index (χ0v) is 12.4. The first kappa shape index (κ1) is 14.5. The van der Waals surface area contributed by atoms with Crippen molar-refractivity contribution < 1.29 is 9.18 Å². The summed E-state index contributed by atoms with van der Waals surface area (Å²) in [6.07, 6.45) is 0. The average Bonchev–Trinajstić information content (AvgIpc) is 2.42. The van der Waals surface area contributed by atoms with Gasteiger partial charge in [0.2, 0.25) is 0 Å². The number of nitrogens with two attached hydrogens (primary N) is 1. The van der Waals surface area contributed by atoms with Gasteiger partial charge in [-0.25, -0.2) is 4.39 Å². The Labute approximate surface area is 125 Å². The van der Waals surface area contributed by atoms with Crippen LogP contribution in [-0.2, 0) is 0 Å². The molecule has 2 rings (SSSR count). The Morgan fingerprint density at radius 1 is 1.25 bits per heavy atom. The van der Waals surface area contributed by atoms with Gasteiger partial charge in [-0.2, -0.15) is 0 Å². The minimum absolute atomic E-state index is 0.215. The van der Waals surface area contributed by atoms with E-state index in [4.69, 9.17) is 5.73 Å². The molecule has 0 bridgehead atoms. The van der Waals surface area contributed by atoms with Gasteiger partial charge in [-0.3, -0.25) is 4.79 Å². The predicted molar refractivity (Wildman–Crippen MR) is 80.8 cm³/mol. The van der Waals surface area contributed by atoms with Crippen molar-refractivity contribution in [3.8, 4) is 0 Å². The molecule has 0 heterocycles. The molecule has 0 spiro atoms. The lowest BCUT2D eigenvalue weighted by Crippen LogP contribution is -2.26. The molecule has 104 valence electrons. The van der Waals surface area contributed by atoms with E-state index in [1.54, 1.807) is 30.3 Å². The molecular formula is C15H14BrFN2O. The Kier molecular flexibility index (Phi) is 4.39. The molecule has 0 aliphatic heterocycles. The van der Waals surface area contributed by atoms with Crippen LogP contribution in [0.1, 0.15) is 28.9 Å². The van der Waals surface area contributed by atoms with Gasteiger partial charge in [0.05, 0.1) is 6.04 Å². The molecule has 0 saturated carbocycles. The molecule has 0 radical (unpaired) electrons. The summed E-state index contributed by atoms with van der Waals surface area (Å²) in [5.41, 5.74) is 7.58. The molecule has 5 heteroatoms. The molecule has 1 atom stereocenters. The fourth-order valence-electron chi connectivity index (χ4n) is 1.80. The summed E-state index contributed by atoms with van der Waals surface area (Å²) in [5.74, 6) is -0.519. The second-order valence-corrected chi connectivity index (χ2v) is 5.34. The average molecular weight is 337 g/mol. The molecular weight excluding hydrogens is 323 g/mol. The van der Waals surface area contributed by atoms with E-state index in [1.165, 1.54) is 12.1 Å². The lowest BCUT2D eigenvalue weighted by molar-refractivity contribution is 0.0940. The van der Waals surface area contributed by atoms with Crippen LogP contribution in [0.4, 0.5) is 10.1 Å². The van der Waals surface area contributed by atoms with Gasteiger partial charge in [0, 0.05) is 15.7 Å². The van der Waals surface area contributed by atoms with Crippen molar-refractivity contribution in [3.63, 3.8) is 0 Å². The summed E-state index contributed by atoms with van der Waals surface area (Å²) in [5, 5.41) is 2.85. The SMILES string of the molecule is CC(NC(=O)c1ccc(Br)c(N)c1)c1ccc(F)cc1. The third kappa shape index (κ3) is 3.36. The van der Waals surface area contributed by atoms with Crippen molar-refractivity contribution in [2.24, 2.45) is 0 Å². The summed E-state index contributed by atoms with van der Waals surface area (Å²) < 4.78 is 13.6. The van der Waals surface area contributed by atoms with Gasteiger partial charge in [-0.1, -0.05) is 12.1 Å². The summed E-state index contributed by atoms with van der Waals surface area (Å²) in [6, 6.07) is 10.8. The fraction of sp³-hybridized carbons (Fsp3) is 0.133. The molecule has 3 N–H and O–H groups in total. The lowest BCUT2D eigenvalue weighted by atomic mass is 10.1. The van der Waals surface area contributed by atoms with Gasteiger partial charge in [0.25, 0.3) is 5.91 Å². The second-order valence-electron chi connectivity index (χ2n) is 4.48. The Morgan fingerprint density at radius 2 is 1.90 bits per heavy atom. The monoisotopic (exact) mass is 336 g/mol. The van der Waals surface area contributed by atoms with Gasteiger partial charge in [0.1, 0.15) is 5.82 Å². The van der Waals surface area contributed by atoms with Crippen molar-refractivity contribution >= 4 is 27.5 Å². The van der Waals surface area contributed by atoms with E-state index >= 15 is 0 Å². The maximum Gasteiger partial charge on any atom is 0.251 e. The Hall–Kier alpha value is -1.88. The largest absolute Gasteiger partial charge is 0.398 e. The first-order chi connectivity index (χ1) is 9.47. The van der Waals surface area contributed by atoms with Gasteiger partial charge in [0.15, 0.2) is 0 Å². The fourth-order valence-corrected chi connectivity index (χ4v) is 2.05. The molecule has 1 amide bonds. The molecule has 3 nitrogen and oxygen atoms in total. The lowest BCUT2D eigenvalue weighted by Gasteiger charge is -2.14. The van der Waals surface area contributed by atoms with E-state index in [-0.39, 0.29) is 17.8 Å². The van der Waals surface area contributed by atoms with Crippen molar-refractivity contribution in [2.45, 2.75) is 13.0 Å². The molecule has 2 aromatic carbocycles. The minimum Gasteiger partial charge on any atom is -0.398 e. The predicted octanol–water partition coefficient (Wildman–Crippen LogP) is 3.66. The number of nitrogen functional groups attached to an aromatic ring is 1. The number of anilines is 1. The molecule has 0 saturated heterocycles. The first-order valence-electron chi connectivity index (χ1n) is 6.08. The summed E-state index contributed by atoms with van der Waals surface area (Å²) in [4.78, 5) is 12.1. The molecule has 1 unspecified atom stereocenters. The highest BCUT2D eigenvalue weighted by Crippen LogP contribution is 2.21. The van der Waals surface area contributed by atoms with Crippen LogP contribution in [0.15, 0.2) is 46.9 Å². The number of benzene rings is 2. The van der Waals surface area contributed by atoms with Crippen LogP contribution in [0.25, 0.3) is 0 Å². The highest BCUT2D eigenvalue weighted by molar-refractivity contribution is 9.10. The third-order valence-corrected chi connectivity index (χ3v) is 3.70. The second kappa shape index (κ2) is 6.05. The number of carbonyl (C=O) groups excluding carboxylic acids is 1. The van der Waals surface area contributed by atoms with Gasteiger partial charge in [-0.05, 0) is 58.7 Å². The van der Waals surface area contributed by atoms with E-state index in [2.05, 4.69) is 21.2 Å². The van der Waals surface area contributed by atoms with Crippen molar-refractivity contribution in [1.82, 2.24) is 5.32 Å². The van der Waals surface area contributed by atoms with Crippen molar-refractivity contribution in [1.29, 1.82) is 0 Å². The number of amides is 1.